The summed E-state index contributed by atoms with van der Waals surface area (Å²) in [4.78, 5) is 22.7. The number of benzene rings is 2. The number of fused-ring (bicyclic) bond motifs is 2. The fourth-order valence-corrected chi connectivity index (χ4v) is 5.65. The first-order chi connectivity index (χ1) is 20.0. The maximum absolute atomic E-state index is 14.2. The van der Waals surface area contributed by atoms with Crippen LogP contribution in [0.15, 0.2) is 42.5 Å². The van der Waals surface area contributed by atoms with Crippen LogP contribution in [-0.2, 0) is 38.8 Å². The molecule has 0 amide bonds. The Kier molecular flexibility index (Phi) is 7.57. The van der Waals surface area contributed by atoms with Gasteiger partial charge in [-0.05, 0) is 67.1 Å². The highest BCUT2D eigenvalue weighted by atomic mass is 35.5. The Morgan fingerprint density at radius 2 is 1.93 bits per heavy atom. The average Bonchev–Trinajstić information content (AvgIpc) is 3.24. The molecule has 0 saturated heterocycles. The Hall–Kier alpha value is -3.70. The molecule has 1 aliphatic carbocycles. The van der Waals surface area contributed by atoms with Crippen LogP contribution in [-0.4, -0.2) is 37.1 Å². The van der Waals surface area contributed by atoms with Gasteiger partial charge in [0.25, 0.3) is 0 Å². The number of carboxylic acids is 1. The summed E-state index contributed by atoms with van der Waals surface area (Å²) in [5, 5.41) is 9.67. The predicted molar refractivity (Wildman–Crippen MR) is 147 cm³/mol. The standard InChI is InChI=1S/C30H27ClF4N4O3/c31-21-6-4-20(23(32)12-21)16-42-28-22(30(33,34)35)10-18-8-9-38(14-25(18)37-28)15-27-36-24-7-5-19(29(40)41)11-26(24)39(27)13-17-2-1-3-17/h4-7,10-12,17H,1-3,8-9,13-16H2,(H,40,41). The molecule has 0 spiro atoms. The molecule has 1 fully saturated rings. The van der Waals surface area contributed by atoms with Gasteiger partial charge in [0.2, 0.25) is 5.88 Å². The normalized spacial score (nSPS) is 15.9. The van der Waals surface area contributed by atoms with Crippen molar-refractivity contribution in [3.63, 3.8) is 0 Å². The van der Waals surface area contributed by atoms with Gasteiger partial charge >= 0.3 is 12.1 Å². The largest absolute Gasteiger partial charge is 0.478 e. The molecule has 3 heterocycles. The number of hydrogen-bond donors (Lipinski definition) is 1. The van der Waals surface area contributed by atoms with Gasteiger partial charge in [-0.2, -0.15) is 13.2 Å². The van der Waals surface area contributed by atoms with Crippen LogP contribution >= 0.6 is 11.6 Å². The van der Waals surface area contributed by atoms with Crippen molar-refractivity contribution in [3.05, 3.63) is 87.1 Å². The van der Waals surface area contributed by atoms with E-state index in [1.54, 1.807) is 12.1 Å². The SMILES string of the molecule is O=C(O)c1ccc2nc(CN3CCc4cc(C(F)(F)F)c(OCc5ccc(Cl)cc5F)nc4C3)n(CC3CCC3)c2c1. The van der Waals surface area contributed by atoms with Crippen molar-refractivity contribution in [1.82, 2.24) is 19.4 Å². The summed E-state index contributed by atoms with van der Waals surface area (Å²) in [6.07, 6.45) is -0.986. The van der Waals surface area contributed by atoms with Crippen molar-refractivity contribution < 1.29 is 32.2 Å². The first-order valence-electron chi connectivity index (χ1n) is 13.7. The smallest absolute Gasteiger partial charge is 0.421 e. The maximum atomic E-state index is 14.2. The topological polar surface area (TPSA) is 80.5 Å². The van der Waals surface area contributed by atoms with Gasteiger partial charge in [-0.1, -0.05) is 24.1 Å². The first kappa shape index (κ1) is 28.4. The maximum Gasteiger partial charge on any atom is 0.421 e. The number of halogens is 5. The molecule has 1 N–H and O–H groups in total. The van der Waals surface area contributed by atoms with Crippen molar-refractivity contribution in [2.45, 2.75) is 58.1 Å². The van der Waals surface area contributed by atoms with Gasteiger partial charge in [-0.3, -0.25) is 4.90 Å². The van der Waals surface area contributed by atoms with E-state index in [0.29, 0.717) is 42.2 Å². The second-order valence-corrected chi connectivity index (χ2v) is 11.3. The number of aromatic carboxylic acids is 1. The van der Waals surface area contributed by atoms with Crippen LogP contribution in [0.25, 0.3) is 11.0 Å². The molecule has 1 saturated carbocycles. The molecule has 0 atom stereocenters. The van der Waals surface area contributed by atoms with E-state index in [0.717, 1.165) is 49.3 Å². The Morgan fingerprint density at radius 3 is 2.62 bits per heavy atom. The molecule has 2 aliphatic rings. The summed E-state index contributed by atoms with van der Waals surface area (Å²) in [7, 11) is 0. The molecular weight excluding hydrogens is 576 g/mol. The Bertz CT molecular complexity index is 1670. The zero-order valence-corrected chi connectivity index (χ0v) is 23.2. The van der Waals surface area contributed by atoms with Crippen molar-refractivity contribution in [2.75, 3.05) is 6.54 Å². The van der Waals surface area contributed by atoms with Crippen molar-refractivity contribution >= 4 is 28.6 Å². The second-order valence-electron chi connectivity index (χ2n) is 10.9. The highest BCUT2D eigenvalue weighted by Gasteiger charge is 2.37. The Balaban J connectivity index is 1.27. The van der Waals surface area contributed by atoms with Crippen LogP contribution in [0.1, 0.15) is 57.8 Å². The minimum Gasteiger partial charge on any atom is -0.478 e. The number of nitrogens with zero attached hydrogens (tertiary/aromatic N) is 4. The minimum absolute atomic E-state index is 0.0603. The number of aromatic nitrogens is 3. The summed E-state index contributed by atoms with van der Waals surface area (Å²) >= 11 is 5.78. The van der Waals surface area contributed by atoms with Gasteiger partial charge in [-0.25, -0.2) is 19.2 Å². The first-order valence-corrected chi connectivity index (χ1v) is 14.0. The molecule has 1 aliphatic heterocycles. The number of carboxylic acid groups (broad SMARTS) is 1. The lowest BCUT2D eigenvalue weighted by Crippen LogP contribution is -2.33. The summed E-state index contributed by atoms with van der Waals surface area (Å²) in [5.41, 5.74) is 1.64. The number of alkyl halides is 3. The third-order valence-corrected chi connectivity index (χ3v) is 8.25. The molecular formula is C30H27ClF4N4O3. The third-order valence-electron chi connectivity index (χ3n) is 8.02. The van der Waals surface area contributed by atoms with E-state index in [2.05, 4.69) is 14.5 Å². The Morgan fingerprint density at radius 1 is 1.12 bits per heavy atom. The van der Waals surface area contributed by atoms with E-state index < -0.39 is 36.0 Å². The average molecular weight is 603 g/mol. The third kappa shape index (κ3) is 5.80. The van der Waals surface area contributed by atoms with Gasteiger partial charge in [-0.15, -0.1) is 0 Å². The van der Waals surface area contributed by atoms with Gasteiger partial charge in [0.15, 0.2) is 0 Å². The molecule has 4 aromatic rings. The van der Waals surface area contributed by atoms with Crippen molar-refractivity contribution in [1.29, 1.82) is 0 Å². The quantitative estimate of drug-likeness (QED) is 0.222. The fraction of sp³-hybridized carbons (Fsp3) is 0.367. The molecule has 7 nitrogen and oxygen atoms in total. The van der Waals surface area contributed by atoms with E-state index in [1.165, 1.54) is 18.2 Å². The van der Waals surface area contributed by atoms with Crippen LogP contribution in [0.2, 0.25) is 5.02 Å². The lowest BCUT2D eigenvalue weighted by atomic mass is 9.85. The Labute approximate surface area is 243 Å². The van der Waals surface area contributed by atoms with Gasteiger partial charge in [0, 0.05) is 30.2 Å². The molecule has 220 valence electrons. The summed E-state index contributed by atoms with van der Waals surface area (Å²) in [6, 6.07) is 9.83. The zero-order chi connectivity index (χ0) is 29.6. The number of rotatable bonds is 8. The molecule has 2 aromatic heterocycles. The molecule has 0 unspecified atom stereocenters. The number of hydrogen-bond acceptors (Lipinski definition) is 5. The number of ether oxygens (including phenoxy) is 1. The monoisotopic (exact) mass is 602 g/mol. The van der Waals surface area contributed by atoms with Crippen LogP contribution < -0.4 is 4.74 Å². The molecule has 42 heavy (non-hydrogen) atoms. The lowest BCUT2D eigenvalue weighted by molar-refractivity contribution is -0.139. The van der Waals surface area contributed by atoms with E-state index in [-0.39, 0.29) is 22.7 Å². The molecule has 0 radical (unpaired) electrons. The molecule has 6 rings (SSSR count). The molecule has 2 aromatic carbocycles. The second kappa shape index (κ2) is 11.2. The van der Waals surface area contributed by atoms with Crippen LogP contribution in [0, 0.1) is 11.7 Å². The minimum atomic E-state index is -4.70. The van der Waals surface area contributed by atoms with Crippen LogP contribution in [0.5, 0.6) is 5.88 Å². The van der Waals surface area contributed by atoms with E-state index in [1.807, 2.05) is 0 Å². The van der Waals surface area contributed by atoms with E-state index in [9.17, 15) is 27.5 Å². The number of carbonyl (C=O) groups is 1. The zero-order valence-electron chi connectivity index (χ0n) is 22.4. The summed E-state index contributed by atoms with van der Waals surface area (Å²) in [5.74, 6) is -1.03. The van der Waals surface area contributed by atoms with E-state index in [4.69, 9.17) is 21.3 Å². The van der Waals surface area contributed by atoms with E-state index >= 15 is 0 Å². The number of imidazole rings is 1. The highest BCUT2D eigenvalue weighted by molar-refractivity contribution is 6.30. The van der Waals surface area contributed by atoms with Gasteiger partial charge in [0.1, 0.15) is 23.8 Å². The highest BCUT2D eigenvalue weighted by Crippen LogP contribution is 2.38. The van der Waals surface area contributed by atoms with Crippen LogP contribution in [0.3, 0.4) is 0 Å². The fourth-order valence-electron chi connectivity index (χ4n) is 5.49. The lowest BCUT2D eigenvalue weighted by Gasteiger charge is -2.30. The van der Waals surface area contributed by atoms with Gasteiger partial charge in [0.05, 0.1) is 28.8 Å². The summed E-state index contributed by atoms with van der Waals surface area (Å²) < 4.78 is 63.6. The predicted octanol–water partition coefficient (Wildman–Crippen LogP) is 6.88. The van der Waals surface area contributed by atoms with Crippen molar-refractivity contribution in [3.8, 4) is 5.88 Å². The molecule has 0 bridgehead atoms. The summed E-state index contributed by atoms with van der Waals surface area (Å²) in [6.45, 7) is 1.47. The van der Waals surface area contributed by atoms with Crippen LogP contribution in [0.4, 0.5) is 17.6 Å². The van der Waals surface area contributed by atoms with Gasteiger partial charge < -0.3 is 14.4 Å². The van der Waals surface area contributed by atoms with Crippen molar-refractivity contribution in [2.24, 2.45) is 5.92 Å². The number of pyridine rings is 1. The molecule has 12 heteroatoms.